The molecule has 0 aliphatic heterocycles. The van der Waals surface area contributed by atoms with Crippen molar-refractivity contribution in [3.8, 4) is 0 Å². The van der Waals surface area contributed by atoms with Crippen LogP contribution in [0.3, 0.4) is 0 Å². The zero-order valence-electron chi connectivity index (χ0n) is 10.2. The van der Waals surface area contributed by atoms with Crippen LogP contribution in [-0.2, 0) is 14.8 Å². The Hall–Kier alpha value is 0.160. The monoisotopic (exact) mass is 271 g/mol. The van der Waals surface area contributed by atoms with Crippen LogP contribution in [-0.4, -0.2) is 38.8 Å². The third kappa shape index (κ3) is 10.7. The molecule has 0 rings (SSSR count). The number of hydrogen-bond acceptors (Lipinski definition) is 3. The maximum Gasteiger partial charge on any atom is 0.213 e. The van der Waals surface area contributed by atoms with Crippen LogP contribution in [0.25, 0.3) is 0 Å². The normalized spacial score (nSPS) is 14.3. The van der Waals surface area contributed by atoms with E-state index in [-0.39, 0.29) is 23.8 Å². The fraction of sp³-hybridized carbons (Fsp3) is 1.00. The molecule has 0 spiro atoms. The van der Waals surface area contributed by atoms with E-state index in [1.165, 1.54) is 0 Å². The largest absolute Gasteiger partial charge is 0.378 e. The lowest BCUT2D eigenvalue weighted by molar-refractivity contribution is 0.0911. The first-order valence-electron chi connectivity index (χ1n) is 5.56. The molecule has 0 aromatic rings. The molecular weight excluding hydrogens is 250 g/mol. The lowest BCUT2D eigenvalue weighted by Gasteiger charge is -2.09. The quantitative estimate of drug-likeness (QED) is 0.513. The van der Waals surface area contributed by atoms with Crippen LogP contribution in [0, 0.1) is 0 Å². The number of sulfonamides is 1. The summed E-state index contributed by atoms with van der Waals surface area (Å²) in [5, 5.41) is 0.0915. The molecule has 0 aromatic heterocycles. The van der Waals surface area contributed by atoms with Gasteiger partial charge in [0.15, 0.2) is 0 Å². The van der Waals surface area contributed by atoms with Gasteiger partial charge in [-0.25, -0.2) is 13.1 Å². The van der Waals surface area contributed by atoms with E-state index in [4.69, 9.17) is 16.3 Å². The average Bonchev–Trinajstić information content (AvgIpc) is 2.11. The molecule has 16 heavy (non-hydrogen) atoms. The molecule has 0 heterocycles. The molecule has 0 saturated heterocycles. The maximum atomic E-state index is 11.4. The maximum absolute atomic E-state index is 11.4. The molecule has 0 aliphatic carbocycles. The first-order valence-corrected chi connectivity index (χ1v) is 7.65. The molecule has 0 aliphatic rings. The van der Waals surface area contributed by atoms with Gasteiger partial charge >= 0.3 is 0 Å². The minimum Gasteiger partial charge on any atom is -0.378 e. The Morgan fingerprint density at radius 1 is 1.31 bits per heavy atom. The third-order valence-corrected chi connectivity index (χ3v) is 3.47. The Labute approximate surface area is 104 Å². The summed E-state index contributed by atoms with van der Waals surface area (Å²) >= 11 is 5.75. The van der Waals surface area contributed by atoms with E-state index in [2.05, 4.69) is 4.72 Å². The molecule has 0 saturated carbocycles. The Morgan fingerprint density at radius 3 is 2.44 bits per heavy atom. The number of ether oxygens (including phenoxy) is 1. The summed E-state index contributed by atoms with van der Waals surface area (Å²) in [6, 6.07) is 0. The van der Waals surface area contributed by atoms with Gasteiger partial charge in [0.2, 0.25) is 10.0 Å². The summed E-state index contributed by atoms with van der Waals surface area (Å²) in [6.45, 7) is 6.33. The minimum absolute atomic E-state index is 0.0155. The summed E-state index contributed by atoms with van der Waals surface area (Å²) in [5.41, 5.74) is 0. The van der Waals surface area contributed by atoms with E-state index in [9.17, 15) is 8.42 Å². The standard InChI is InChI=1S/C10H22ClNO3S/c1-9(2)15-7-8-16(13,14)12-6-4-5-10(3)11/h9-10,12H,4-8H2,1-3H3. The zero-order valence-corrected chi connectivity index (χ0v) is 11.8. The van der Waals surface area contributed by atoms with E-state index in [1.54, 1.807) is 0 Å². The fourth-order valence-electron chi connectivity index (χ4n) is 1.08. The summed E-state index contributed by atoms with van der Waals surface area (Å²) < 4.78 is 30.6. The van der Waals surface area contributed by atoms with Gasteiger partial charge in [-0.2, -0.15) is 0 Å². The number of hydrogen-bond donors (Lipinski definition) is 1. The van der Waals surface area contributed by atoms with Crippen molar-refractivity contribution in [1.82, 2.24) is 4.72 Å². The second-order valence-corrected chi connectivity index (χ2v) is 6.73. The highest BCUT2D eigenvalue weighted by molar-refractivity contribution is 7.89. The van der Waals surface area contributed by atoms with Crippen LogP contribution >= 0.6 is 11.6 Å². The number of nitrogens with one attached hydrogen (secondary N) is 1. The second kappa shape index (κ2) is 8.28. The van der Waals surface area contributed by atoms with E-state index in [0.717, 1.165) is 12.8 Å². The third-order valence-electron chi connectivity index (χ3n) is 1.90. The fourth-order valence-corrected chi connectivity index (χ4v) is 2.15. The van der Waals surface area contributed by atoms with E-state index in [1.807, 2.05) is 20.8 Å². The molecule has 0 fully saturated rings. The van der Waals surface area contributed by atoms with Crippen molar-refractivity contribution >= 4 is 21.6 Å². The predicted molar refractivity (Wildman–Crippen MR) is 67.4 cm³/mol. The highest BCUT2D eigenvalue weighted by atomic mass is 35.5. The molecule has 1 unspecified atom stereocenters. The Bertz CT molecular complexity index is 265. The minimum atomic E-state index is -3.19. The van der Waals surface area contributed by atoms with Crippen molar-refractivity contribution in [3.05, 3.63) is 0 Å². The highest BCUT2D eigenvalue weighted by Gasteiger charge is 2.09. The van der Waals surface area contributed by atoms with Crippen molar-refractivity contribution in [1.29, 1.82) is 0 Å². The van der Waals surface area contributed by atoms with Crippen LogP contribution in [0.5, 0.6) is 0 Å². The summed E-state index contributed by atoms with van der Waals surface area (Å²) in [7, 11) is -3.19. The Morgan fingerprint density at radius 2 is 1.94 bits per heavy atom. The Balaban J connectivity index is 3.63. The lowest BCUT2D eigenvalue weighted by atomic mass is 10.2. The van der Waals surface area contributed by atoms with Gasteiger partial charge in [0.25, 0.3) is 0 Å². The van der Waals surface area contributed by atoms with Gasteiger partial charge in [0.1, 0.15) is 0 Å². The zero-order chi connectivity index (χ0) is 12.6. The second-order valence-electron chi connectivity index (χ2n) is 4.06. The first-order chi connectivity index (χ1) is 7.33. The molecule has 4 nitrogen and oxygen atoms in total. The van der Waals surface area contributed by atoms with E-state index >= 15 is 0 Å². The molecule has 6 heteroatoms. The van der Waals surface area contributed by atoms with Crippen molar-refractivity contribution in [2.75, 3.05) is 18.9 Å². The summed E-state index contributed by atoms with van der Waals surface area (Å²) in [6.07, 6.45) is 1.63. The van der Waals surface area contributed by atoms with Crippen molar-refractivity contribution in [2.45, 2.75) is 45.1 Å². The van der Waals surface area contributed by atoms with Gasteiger partial charge in [0, 0.05) is 11.9 Å². The molecule has 1 atom stereocenters. The van der Waals surface area contributed by atoms with Crippen LogP contribution in [0.4, 0.5) is 0 Å². The van der Waals surface area contributed by atoms with Gasteiger partial charge in [0.05, 0.1) is 18.5 Å². The lowest BCUT2D eigenvalue weighted by Crippen LogP contribution is -2.30. The summed E-state index contributed by atoms with van der Waals surface area (Å²) in [4.78, 5) is 0. The highest BCUT2D eigenvalue weighted by Crippen LogP contribution is 2.02. The smallest absolute Gasteiger partial charge is 0.213 e. The van der Waals surface area contributed by atoms with E-state index in [0.29, 0.717) is 6.54 Å². The van der Waals surface area contributed by atoms with E-state index < -0.39 is 10.0 Å². The van der Waals surface area contributed by atoms with Crippen molar-refractivity contribution < 1.29 is 13.2 Å². The Kier molecular flexibility index (Phi) is 8.36. The first kappa shape index (κ1) is 16.2. The topological polar surface area (TPSA) is 55.4 Å². The van der Waals surface area contributed by atoms with Gasteiger partial charge < -0.3 is 4.74 Å². The summed E-state index contributed by atoms with van der Waals surface area (Å²) in [5.74, 6) is 0.0155. The van der Waals surface area contributed by atoms with Crippen LogP contribution in [0.2, 0.25) is 0 Å². The number of rotatable bonds is 9. The van der Waals surface area contributed by atoms with Crippen LogP contribution < -0.4 is 4.72 Å². The van der Waals surface area contributed by atoms with Crippen molar-refractivity contribution in [3.63, 3.8) is 0 Å². The molecule has 0 amide bonds. The molecule has 0 radical (unpaired) electrons. The molecule has 0 aromatic carbocycles. The number of halogens is 1. The average molecular weight is 272 g/mol. The van der Waals surface area contributed by atoms with Crippen molar-refractivity contribution in [2.24, 2.45) is 0 Å². The van der Waals surface area contributed by atoms with Gasteiger partial charge in [-0.1, -0.05) is 0 Å². The molecule has 0 bridgehead atoms. The van der Waals surface area contributed by atoms with Crippen LogP contribution in [0.15, 0.2) is 0 Å². The predicted octanol–water partition coefficient (Wildman–Crippen LogP) is 1.74. The number of alkyl halides is 1. The SMILES string of the molecule is CC(Cl)CCCNS(=O)(=O)CCOC(C)C. The molecule has 1 N–H and O–H groups in total. The van der Waals surface area contributed by atoms with Gasteiger partial charge in [-0.3, -0.25) is 0 Å². The van der Waals surface area contributed by atoms with Crippen LogP contribution in [0.1, 0.15) is 33.6 Å². The molecule has 98 valence electrons. The molecular formula is C10H22ClNO3S. The van der Waals surface area contributed by atoms with Gasteiger partial charge in [-0.15, -0.1) is 11.6 Å². The van der Waals surface area contributed by atoms with Gasteiger partial charge in [-0.05, 0) is 33.6 Å².